The molecular weight excluding hydrogens is 319 g/mol. The van der Waals surface area contributed by atoms with Crippen LogP contribution in [0, 0.1) is 29.1 Å². The quantitative estimate of drug-likeness (QED) is 0.267. The maximum absolute atomic E-state index is 13.6. The second-order valence-electron chi connectivity index (χ2n) is 5.03. The summed E-state index contributed by atoms with van der Waals surface area (Å²) in [6.07, 6.45) is 0. The number of carbonyl (C=O) groups excluding carboxylic acids is 1. The van der Waals surface area contributed by atoms with Gasteiger partial charge in [-0.1, -0.05) is 32.0 Å². The Morgan fingerprint density at radius 3 is 1.87 bits per heavy atom. The topological polar surface area (TPSA) is 26.3 Å². The zero-order valence-electron chi connectivity index (χ0n) is 12.1. The highest BCUT2D eigenvalue weighted by Gasteiger charge is 2.31. The van der Waals surface area contributed by atoms with Crippen LogP contribution in [0.4, 0.5) is 22.0 Å². The van der Waals surface area contributed by atoms with E-state index >= 15 is 0 Å². The van der Waals surface area contributed by atoms with Crippen molar-refractivity contribution in [1.82, 2.24) is 0 Å². The molecule has 2 aromatic rings. The number of benzene rings is 2. The van der Waals surface area contributed by atoms with E-state index in [-0.39, 0.29) is 11.7 Å². The average Bonchev–Trinajstić information content (AvgIpc) is 2.51. The van der Waals surface area contributed by atoms with Crippen molar-refractivity contribution in [3.63, 3.8) is 0 Å². The van der Waals surface area contributed by atoms with Crippen molar-refractivity contribution in [2.45, 2.75) is 19.8 Å². The third-order valence-corrected chi connectivity index (χ3v) is 3.16. The van der Waals surface area contributed by atoms with Gasteiger partial charge in [0, 0.05) is 0 Å². The maximum Gasteiger partial charge on any atom is 0.349 e. The highest BCUT2D eigenvalue weighted by atomic mass is 19.2. The molecule has 0 fully saturated rings. The van der Waals surface area contributed by atoms with Crippen LogP contribution < -0.4 is 4.74 Å². The Balaban J connectivity index is 2.48. The molecule has 0 radical (unpaired) electrons. The zero-order valence-corrected chi connectivity index (χ0v) is 12.1. The zero-order chi connectivity index (χ0) is 17.3. The number of halogens is 5. The van der Waals surface area contributed by atoms with Crippen molar-refractivity contribution < 1.29 is 31.5 Å². The molecule has 0 bridgehead atoms. The monoisotopic (exact) mass is 330 g/mol. The van der Waals surface area contributed by atoms with Gasteiger partial charge in [-0.3, -0.25) is 0 Å². The predicted molar refractivity (Wildman–Crippen MR) is 71.7 cm³/mol. The van der Waals surface area contributed by atoms with E-state index in [1.807, 2.05) is 0 Å². The minimum Gasteiger partial charge on any atom is -0.422 e. The van der Waals surface area contributed by atoms with Gasteiger partial charge in [0.2, 0.25) is 5.82 Å². The third-order valence-electron chi connectivity index (χ3n) is 3.16. The van der Waals surface area contributed by atoms with Gasteiger partial charge in [-0.25, -0.2) is 26.7 Å². The number of para-hydroxylation sites is 1. The molecule has 0 saturated heterocycles. The summed E-state index contributed by atoms with van der Waals surface area (Å²) in [5, 5.41) is 0. The van der Waals surface area contributed by atoms with Crippen molar-refractivity contribution in [3.05, 3.63) is 64.5 Å². The predicted octanol–water partition coefficient (Wildman–Crippen LogP) is 4.72. The Kier molecular flexibility index (Phi) is 4.68. The van der Waals surface area contributed by atoms with Gasteiger partial charge in [0.15, 0.2) is 23.3 Å². The summed E-state index contributed by atoms with van der Waals surface area (Å²) in [6.45, 7) is 3.57. The van der Waals surface area contributed by atoms with Crippen LogP contribution >= 0.6 is 0 Å². The summed E-state index contributed by atoms with van der Waals surface area (Å²) < 4.78 is 71.3. The van der Waals surface area contributed by atoms with Crippen LogP contribution in [0.3, 0.4) is 0 Å². The molecular formula is C16H11F5O2. The first-order valence-electron chi connectivity index (χ1n) is 6.58. The van der Waals surface area contributed by atoms with Crippen molar-refractivity contribution in [3.8, 4) is 5.75 Å². The highest BCUT2D eigenvalue weighted by molar-refractivity contribution is 5.92. The molecule has 0 unspecified atom stereocenters. The van der Waals surface area contributed by atoms with Gasteiger partial charge >= 0.3 is 5.97 Å². The van der Waals surface area contributed by atoms with Gasteiger partial charge < -0.3 is 4.74 Å². The molecule has 0 heterocycles. The molecule has 0 aromatic heterocycles. The number of carbonyl (C=O) groups is 1. The smallest absolute Gasteiger partial charge is 0.349 e. The Bertz CT molecular complexity index is 742. The Morgan fingerprint density at radius 1 is 0.870 bits per heavy atom. The van der Waals surface area contributed by atoms with E-state index in [9.17, 15) is 26.7 Å². The van der Waals surface area contributed by atoms with Crippen LogP contribution in [-0.2, 0) is 0 Å². The van der Waals surface area contributed by atoms with Gasteiger partial charge in [0.1, 0.15) is 11.3 Å². The standard InChI is InChI=1S/C16H11F5O2/c1-7(2)8-5-3-4-6-9(8)23-16(22)10-11(17)13(19)15(21)14(20)12(10)18/h3-7H,1-2H3. The molecule has 0 N–H and O–H groups in total. The molecule has 0 spiro atoms. The molecule has 2 nitrogen and oxygen atoms in total. The van der Waals surface area contributed by atoms with Crippen LogP contribution in [0.15, 0.2) is 24.3 Å². The number of hydrogen-bond acceptors (Lipinski definition) is 2. The number of ether oxygens (including phenoxy) is 1. The van der Waals surface area contributed by atoms with Gasteiger partial charge in [0.05, 0.1) is 0 Å². The molecule has 0 aliphatic heterocycles. The van der Waals surface area contributed by atoms with Gasteiger partial charge in [-0.05, 0) is 17.5 Å². The second-order valence-corrected chi connectivity index (χ2v) is 5.03. The fraction of sp³-hybridized carbons (Fsp3) is 0.188. The van der Waals surface area contributed by atoms with Crippen LogP contribution in [0.5, 0.6) is 5.75 Å². The lowest BCUT2D eigenvalue weighted by Gasteiger charge is -2.13. The molecule has 23 heavy (non-hydrogen) atoms. The van der Waals surface area contributed by atoms with Crippen molar-refractivity contribution in [1.29, 1.82) is 0 Å². The molecule has 0 amide bonds. The number of esters is 1. The van der Waals surface area contributed by atoms with Crippen LogP contribution in [0.1, 0.15) is 35.7 Å². The van der Waals surface area contributed by atoms with E-state index < -0.39 is 40.6 Å². The Hall–Kier alpha value is -2.44. The fourth-order valence-corrected chi connectivity index (χ4v) is 1.99. The molecule has 0 saturated carbocycles. The lowest BCUT2D eigenvalue weighted by Crippen LogP contribution is -2.18. The maximum atomic E-state index is 13.6. The molecule has 122 valence electrons. The molecule has 2 aromatic carbocycles. The normalized spacial score (nSPS) is 11.0. The van der Waals surface area contributed by atoms with E-state index in [1.165, 1.54) is 12.1 Å². The largest absolute Gasteiger partial charge is 0.422 e. The lowest BCUT2D eigenvalue weighted by molar-refractivity contribution is 0.0719. The number of hydrogen-bond donors (Lipinski definition) is 0. The summed E-state index contributed by atoms with van der Waals surface area (Å²) >= 11 is 0. The first-order chi connectivity index (χ1) is 10.8. The molecule has 0 atom stereocenters. The Morgan fingerprint density at radius 2 is 1.35 bits per heavy atom. The Labute approximate surface area is 128 Å². The van der Waals surface area contributed by atoms with E-state index in [1.54, 1.807) is 26.0 Å². The van der Waals surface area contributed by atoms with Crippen LogP contribution in [0.2, 0.25) is 0 Å². The lowest BCUT2D eigenvalue weighted by atomic mass is 10.0. The van der Waals surface area contributed by atoms with Crippen molar-refractivity contribution >= 4 is 5.97 Å². The summed E-state index contributed by atoms with van der Waals surface area (Å²) in [4.78, 5) is 11.9. The second kappa shape index (κ2) is 6.36. The van der Waals surface area contributed by atoms with E-state index in [2.05, 4.69) is 0 Å². The minimum atomic E-state index is -2.33. The number of rotatable bonds is 3. The summed E-state index contributed by atoms with van der Waals surface area (Å²) in [6, 6.07) is 6.14. The van der Waals surface area contributed by atoms with Crippen LogP contribution in [-0.4, -0.2) is 5.97 Å². The minimum absolute atomic E-state index is 0.0172. The molecule has 0 aliphatic carbocycles. The highest BCUT2D eigenvalue weighted by Crippen LogP contribution is 2.28. The average molecular weight is 330 g/mol. The first kappa shape index (κ1) is 16.9. The molecule has 2 rings (SSSR count). The molecule has 0 aliphatic rings. The van der Waals surface area contributed by atoms with E-state index in [0.29, 0.717) is 5.56 Å². The van der Waals surface area contributed by atoms with Crippen molar-refractivity contribution in [2.24, 2.45) is 0 Å². The van der Waals surface area contributed by atoms with Gasteiger partial charge in [-0.15, -0.1) is 0 Å². The SMILES string of the molecule is CC(C)c1ccccc1OC(=O)c1c(F)c(F)c(F)c(F)c1F. The first-order valence-corrected chi connectivity index (χ1v) is 6.58. The summed E-state index contributed by atoms with van der Waals surface area (Å²) in [5.74, 6) is -13.0. The summed E-state index contributed by atoms with van der Waals surface area (Å²) in [7, 11) is 0. The van der Waals surface area contributed by atoms with Crippen LogP contribution in [0.25, 0.3) is 0 Å². The van der Waals surface area contributed by atoms with Gasteiger partial charge in [-0.2, -0.15) is 0 Å². The fourth-order valence-electron chi connectivity index (χ4n) is 1.99. The third kappa shape index (κ3) is 3.04. The van der Waals surface area contributed by atoms with Crippen molar-refractivity contribution in [2.75, 3.05) is 0 Å². The van der Waals surface area contributed by atoms with Gasteiger partial charge in [0.25, 0.3) is 0 Å². The van der Waals surface area contributed by atoms with E-state index in [4.69, 9.17) is 4.74 Å². The summed E-state index contributed by atoms with van der Waals surface area (Å²) in [5.41, 5.74) is -1.08. The molecule has 7 heteroatoms. The van der Waals surface area contributed by atoms with E-state index in [0.717, 1.165) is 0 Å².